The molecule has 99 heavy (non-hydrogen) atoms. The minimum absolute atomic E-state index is 0.00455. The first kappa shape index (κ1) is 78.5. The van der Waals surface area contributed by atoms with Crippen molar-refractivity contribution in [1.82, 2.24) is 47.9 Å². The molecular weight excluding hydrogens is 1280 g/mol. The quantitative estimate of drug-likeness (QED) is 0.0247. The van der Waals surface area contributed by atoms with Gasteiger partial charge in [0.2, 0.25) is 47.3 Å². The third-order valence-electron chi connectivity index (χ3n) is 15.5. The van der Waals surface area contributed by atoms with Crippen LogP contribution in [0.25, 0.3) is 11.1 Å². The van der Waals surface area contributed by atoms with E-state index in [1.54, 1.807) is 57.2 Å². The average Bonchev–Trinajstić information content (AvgIpc) is 0.853. The smallest absolute Gasteiger partial charge is 0.341 e. The molecule has 0 aliphatic carbocycles. The van der Waals surface area contributed by atoms with Crippen LogP contribution in [0.4, 0.5) is 4.79 Å². The van der Waals surface area contributed by atoms with E-state index >= 15 is 0 Å². The van der Waals surface area contributed by atoms with Gasteiger partial charge in [-0.1, -0.05) is 129 Å². The molecule has 0 aromatic heterocycles. The summed E-state index contributed by atoms with van der Waals surface area (Å²) in [5, 5.41) is 51.9. The van der Waals surface area contributed by atoms with Crippen molar-refractivity contribution in [2.45, 2.75) is 141 Å². The van der Waals surface area contributed by atoms with Gasteiger partial charge in [0, 0.05) is 38.6 Å². The number of carboxylic acids is 3. The molecule has 29 heteroatoms. The van der Waals surface area contributed by atoms with Gasteiger partial charge in [-0.05, 0) is 103 Å². The lowest BCUT2D eigenvalue weighted by Crippen LogP contribution is -2.61. The van der Waals surface area contributed by atoms with Crippen molar-refractivity contribution in [2.75, 3.05) is 26.3 Å². The highest BCUT2D eigenvalue weighted by atomic mass is 16.5. The summed E-state index contributed by atoms with van der Waals surface area (Å²) in [6, 6.07) is 22.3. The van der Waals surface area contributed by atoms with Crippen LogP contribution < -0.4 is 68.8 Å². The molecule has 0 aliphatic heterocycles. The van der Waals surface area contributed by atoms with Crippen LogP contribution in [0.2, 0.25) is 0 Å². The Morgan fingerprint density at radius 1 is 0.455 bits per heavy atom. The first-order valence-electron chi connectivity index (χ1n) is 32.1. The largest absolute Gasteiger partial charge is 0.482 e. The highest BCUT2D eigenvalue weighted by molar-refractivity contribution is 5.99. The van der Waals surface area contributed by atoms with Gasteiger partial charge in [0.25, 0.3) is 0 Å². The van der Waals surface area contributed by atoms with Gasteiger partial charge in [-0.3, -0.25) is 47.9 Å². The summed E-state index contributed by atoms with van der Waals surface area (Å²) in [6.07, 6.45) is -2.00. The highest BCUT2D eigenvalue weighted by Crippen LogP contribution is 2.22. The molecule has 5 aromatic carbocycles. The summed E-state index contributed by atoms with van der Waals surface area (Å²) in [5.41, 5.74) is 15.3. The third-order valence-corrected chi connectivity index (χ3v) is 15.5. The molecule has 10 amide bonds. The van der Waals surface area contributed by atoms with Gasteiger partial charge in [-0.25, -0.2) is 14.4 Å². The standard InChI is InChI=1S/C70H87N11O18/c1-6-58(83)74-53(33-44-19-25-49(26-20-44)98-38-60(86)87)64(91)77-54(35-45-21-27-50(28-22-45)99-39-61(88)89)66(93)79-57(37-59(84)85)67(94)78-56(36-46-13-10-12-41(4)32-46)68(95)81-62(40(2)3)69(96)80-55(34-43-17-23-48(24-18-43)47-14-8-7-9-15-47)65(92)76-52(16-11-31-73-70(72)97)63(90)75-51(29-30-71)42(5)82/h7-10,12-15,17-28,32,40,51-57,62H,6,11,16,29-31,33-39,71H2,1-5H3,(H,74,83)(H,75,90)(H,76,92)(H,77,91)(H,78,94)(H,79,93)(H,80,96)(H,81,95)(H,84,85)(H,86,87)(H,88,89)(H3,72,73,97)/t51-,52-,53-,54-,55-,56-,57-,62-/m0/s1. The maximum atomic E-state index is 14.9. The molecular formula is C70H87N11O18. The number of hydrogen-bond acceptors (Lipinski definition) is 16. The molecule has 530 valence electrons. The van der Waals surface area contributed by atoms with Gasteiger partial charge in [0.05, 0.1) is 12.5 Å². The van der Waals surface area contributed by atoms with Crippen LogP contribution in [-0.4, -0.2) is 167 Å². The van der Waals surface area contributed by atoms with Crippen LogP contribution >= 0.6 is 0 Å². The van der Waals surface area contributed by atoms with Crippen LogP contribution in [-0.2, 0) is 83.2 Å². The Kier molecular flexibility index (Phi) is 31.5. The zero-order chi connectivity index (χ0) is 72.7. The van der Waals surface area contributed by atoms with E-state index in [1.165, 1.54) is 62.4 Å². The predicted octanol–water partition coefficient (Wildman–Crippen LogP) is 1.66. The van der Waals surface area contributed by atoms with Gasteiger partial charge >= 0.3 is 23.9 Å². The zero-order valence-electron chi connectivity index (χ0n) is 55.6. The number of Topliss-reactive ketones (excluding diaryl/α,β-unsaturated/α-hetero) is 1. The van der Waals surface area contributed by atoms with E-state index in [4.69, 9.17) is 31.2 Å². The van der Waals surface area contributed by atoms with E-state index < -0.39 is 151 Å². The van der Waals surface area contributed by atoms with E-state index in [-0.39, 0.29) is 76.0 Å². The van der Waals surface area contributed by atoms with Crippen molar-refractivity contribution in [3.8, 4) is 22.6 Å². The van der Waals surface area contributed by atoms with Gasteiger partial charge in [-0.15, -0.1) is 0 Å². The summed E-state index contributed by atoms with van der Waals surface area (Å²) in [5.74, 6) is -12.2. The van der Waals surface area contributed by atoms with E-state index in [2.05, 4.69) is 47.9 Å². The number of aliphatic carboxylic acids is 3. The van der Waals surface area contributed by atoms with Crippen molar-refractivity contribution >= 4 is 77.0 Å². The van der Waals surface area contributed by atoms with Crippen LogP contribution in [0.1, 0.15) is 87.6 Å². The summed E-state index contributed by atoms with van der Waals surface area (Å²) < 4.78 is 10.5. The average molecular weight is 1370 g/mol. The molecule has 0 fully saturated rings. The number of primary amides is 1. The Labute approximate surface area is 572 Å². The fourth-order valence-corrected chi connectivity index (χ4v) is 10.2. The van der Waals surface area contributed by atoms with Gasteiger partial charge in [0.1, 0.15) is 53.8 Å². The molecule has 0 aliphatic rings. The topological polar surface area (TPSA) is 461 Å². The lowest BCUT2D eigenvalue weighted by atomic mass is 9.98. The van der Waals surface area contributed by atoms with Gasteiger partial charge < -0.3 is 84.1 Å². The SMILES string of the molecule is CCC(=O)N[C@@H](Cc1ccc(OCC(=O)O)cc1)C(=O)N[C@@H](Cc1ccc(OCC(=O)O)cc1)C(=O)N[C@@H](CC(=O)O)C(=O)N[C@@H](Cc1cccc(C)c1)C(=O)N[C@H](C(=O)N[C@@H](Cc1ccc(-c2ccccc2)cc1)C(=O)N[C@@H](CCCNC(N)=O)C(=O)N[C@@H](CCN)C(C)=O)C(C)C. The number of aryl methyl sites for hydroxylation is 1. The van der Waals surface area contributed by atoms with Crippen LogP contribution in [0.5, 0.6) is 11.5 Å². The number of urea groups is 1. The fraction of sp³-hybridized carbons (Fsp3) is 0.386. The van der Waals surface area contributed by atoms with Gasteiger partial charge in [0.15, 0.2) is 19.0 Å². The number of ketones is 1. The normalized spacial score (nSPS) is 13.3. The van der Waals surface area contributed by atoms with Crippen LogP contribution in [0.15, 0.2) is 127 Å². The van der Waals surface area contributed by atoms with Crippen molar-refractivity contribution in [2.24, 2.45) is 17.4 Å². The molecule has 16 N–H and O–H groups in total. The number of carboxylic acid groups (broad SMARTS) is 3. The molecule has 0 unspecified atom stereocenters. The summed E-state index contributed by atoms with van der Waals surface area (Å²) in [7, 11) is 0. The second kappa shape index (κ2) is 39.7. The van der Waals surface area contributed by atoms with Crippen molar-refractivity contribution in [3.63, 3.8) is 0 Å². The molecule has 0 bridgehead atoms. The first-order chi connectivity index (χ1) is 47.1. The van der Waals surface area contributed by atoms with Crippen LogP contribution in [0.3, 0.4) is 0 Å². The maximum Gasteiger partial charge on any atom is 0.341 e. The summed E-state index contributed by atoms with van der Waals surface area (Å²) >= 11 is 0. The fourth-order valence-electron chi connectivity index (χ4n) is 10.2. The Balaban J connectivity index is 1.48. The van der Waals surface area contributed by atoms with Gasteiger partial charge in [-0.2, -0.15) is 0 Å². The van der Waals surface area contributed by atoms with Crippen LogP contribution in [0, 0.1) is 12.8 Å². The second-order valence-corrected chi connectivity index (χ2v) is 23.8. The number of carbonyl (C=O) groups is 13. The molecule has 0 saturated heterocycles. The zero-order valence-corrected chi connectivity index (χ0v) is 55.6. The lowest BCUT2D eigenvalue weighted by Gasteiger charge is -2.29. The Bertz CT molecular complexity index is 3610. The minimum Gasteiger partial charge on any atom is -0.482 e. The van der Waals surface area contributed by atoms with Crippen molar-refractivity contribution < 1.29 is 87.1 Å². The number of amides is 10. The van der Waals surface area contributed by atoms with Crippen molar-refractivity contribution in [3.05, 3.63) is 155 Å². The minimum atomic E-state index is -1.98. The highest BCUT2D eigenvalue weighted by Gasteiger charge is 2.37. The Morgan fingerprint density at radius 2 is 0.879 bits per heavy atom. The van der Waals surface area contributed by atoms with E-state index in [0.29, 0.717) is 22.3 Å². The number of carbonyl (C=O) groups excluding carboxylic acids is 10. The molecule has 29 nitrogen and oxygen atoms in total. The molecule has 5 rings (SSSR count). The molecule has 0 radical (unpaired) electrons. The number of rotatable bonds is 41. The number of hydrogen-bond donors (Lipinski definition) is 14. The molecule has 0 spiro atoms. The Hall–Kier alpha value is -11.2. The number of nitrogens with one attached hydrogen (secondary N) is 9. The molecule has 8 atom stereocenters. The number of ether oxygens (including phenoxy) is 2. The van der Waals surface area contributed by atoms with Crippen molar-refractivity contribution in [1.29, 1.82) is 0 Å². The maximum absolute atomic E-state index is 14.9. The molecule has 5 aromatic rings. The Morgan fingerprint density at radius 3 is 1.33 bits per heavy atom. The molecule has 0 heterocycles. The molecule has 0 saturated carbocycles. The van der Waals surface area contributed by atoms with E-state index in [0.717, 1.165) is 16.7 Å². The summed E-state index contributed by atoms with van der Waals surface area (Å²) in [4.78, 5) is 174. The lowest BCUT2D eigenvalue weighted by molar-refractivity contribution is -0.142. The monoisotopic (exact) mass is 1370 g/mol. The number of benzene rings is 5. The van der Waals surface area contributed by atoms with E-state index in [1.807, 2.05) is 42.5 Å². The second-order valence-electron chi connectivity index (χ2n) is 23.8. The third kappa shape index (κ3) is 27.4. The number of nitrogens with two attached hydrogens (primary N) is 2. The summed E-state index contributed by atoms with van der Waals surface area (Å²) in [6.45, 7) is 6.50. The van der Waals surface area contributed by atoms with E-state index in [9.17, 15) is 67.4 Å². The predicted molar refractivity (Wildman–Crippen MR) is 361 cm³/mol. The first-order valence-corrected chi connectivity index (χ1v) is 32.1.